The second-order valence-electron chi connectivity index (χ2n) is 8.75. The molecule has 6 nitrogen and oxygen atoms in total. The van der Waals surface area contributed by atoms with E-state index in [1.807, 2.05) is 17.0 Å². The number of pyridine rings is 2. The average Bonchev–Trinajstić information content (AvgIpc) is 3.13. The standard InChI is InChI=1S/C25H21F2N5O/c1-31-24(14-10-15(26)12-16(27)11-14)18-13-17-4-2-6-22(23(18)30-31)32(17)25(33)21-8-7-19-20(29-21)5-3-9-28-19/h3,5,7-12,17,22H,2,4,6,13H2,1H3. The molecule has 2 aliphatic heterocycles. The maximum absolute atomic E-state index is 13.9. The summed E-state index contributed by atoms with van der Waals surface area (Å²) in [4.78, 5) is 24.4. The Bertz CT molecular complexity index is 1400. The topological polar surface area (TPSA) is 63.9 Å². The lowest BCUT2D eigenvalue weighted by molar-refractivity contribution is 0.0386. The van der Waals surface area contributed by atoms with E-state index in [-0.39, 0.29) is 18.0 Å². The lowest BCUT2D eigenvalue weighted by Gasteiger charge is -2.45. The van der Waals surface area contributed by atoms with Crippen molar-refractivity contribution < 1.29 is 13.6 Å². The molecule has 2 unspecified atom stereocenters. The van der Waals surface area contributed by atoms with Crippen molar-refractivity contribution in [2.24, 2.45) is 7.05 Å². The number of aryl methyl sites for hydroxylation is 1. The highest BCUT2D eigenvalue weighted by Gasteiger charge is 2.43. The van der Waals surface area contributed by atoms with Gasteiger partial charge in [0.05, 0.1) is 28.5 Å². The summed E-state index contributed by atoms with van der Waals surface area (Å²) in [7, 11) is 1.78. The Kier molecular flexibility index (Phi) is 4.50. The molecule has 33 heavy (non-hydrogen) atoms. The molecular formula is C25H21F2N5O. The Morgan fingerprint density at radius 2 is 1.88 bits per heavy atom. The van der Waals surface area contributed by atoms with Gasteiger partial charge >= 0.3 is 0 Å². The molecule has 4 aromatic rings. The maximum atomic E-state index is 13.9. The van der Waals surface area contributed by atoms with E-state index in [9.17, 15) is 13.6 Å². The van der Waals surface area contributed by atoms with Gasteiger partial charge in [-0.05, 0) is 62.1 Å². The number of amides is 1. The minimum atomic E-state index is -0.621. The fourth-order valence-corrected chi connectivity index (χ4v) is 5.41. The van der Waals surface area contributed by atoms with Crippen LogP contribution in [0.4, 0.5) is 8.78 Å². The van der Waals surface area contributed by atoms with Crippen LogP contribution >= 0.6 is 0 Å². The van der Waals surface area contributed by atoms with Crippen LogP contribution in [0.1, 0.15) is 47.1 Å². The molecule has 1 fully saturated rings. The molecular weight excluding hydrogens is 424 g/mol. The van der Waals surface area contributed by atoms with Crippen molar-refractivity contribution in [2.45, 2.75) is 37.8 Å². The minimum absolute atomic E-state index is 0.0171. The molecule has 1 amide bonds. The highest BCUT2D eigenvalue weighted by atomic mass is 19.1. The Labute approximate surface area is 188 Å². The van der Waals surface area contributed by atoms with Gasteiger partial charge in [0.1, 0.15) is 17.3 Å². The molecule has 0 radical (unpaired) electrons. The van der Waals surface area contributed by atoms with Gasteiger partial charge in [-0.15, -0.1) is 0 Å². The SMILES string of the molecule is Cn1nc2c(c1-c1cc(F)cc(F)c1)CC1CCCC2N1C(=O)c1ccc2ncccc2n1. The van der Waals surface area contributed by atoms with Crippen molar-refractivity contribution in [1.29, 1.82) is 0 Å². The molecule has 0 N–H and O–H groups in total. The summed E-state index contributed by atoms with van der Waals surface area (Å²) in [6.07, 6.45) is 4.94. The number of hydrogen-bond donors (Lipinski definition) is 0. The number of hydrogen-bond acceptors (Lipinski definition) is 4. The van der Waals surface area contributed by atoms with Crippen LogP contribution in [0.2, 0.25) is 0 Å². The predicted octanol–water partition coefficient (Wildman–Crippen LogP) is 4.60. The van der Waals surface area contributed by atoms with Gasteiger partial charge in [-0.3, -0.25) is 14.5 Å². The number of fused-ring (bicyclic) bond motifs is 5. The second kappa shape index (κ2) is 7.43. The van der Waals surface area contributed by atoms with Gasteiger partial charge < -0.3 is 4.90 Å². The molecule has 3 aromatic heterocycles. The van der Waals surface area contributed by atoms with Crippen LogP contribution < -0.4 is 0 Å². The first-order valence-corrected chi connectivity index (χ1v) is 11.1. The largest absolute Gasteiger partial charge is 0.325 e. The van der Waals surface area contributed by atoms with Gasteiger partial charge in [-0.25, -0.2) is 13.8 Å². The number of rotatable bonds is 2. The summed E-state index contributed by atoms with van der Waals surface area (Å²) >= 11 is 0. The van der Waals surface area contributed by atoms with Crippen LogP contribution in [0, 0.1) is 11.6 Å². The predicted molar refractivity (Wildman–Crippen MR) is 118 cm³/mol. The van der Waals surface area contributed by atoms with Gasteiger partial charge in [-0.2, -0.15) is 5.10 Å². The first-order valence-electron chi connectivity index (χ1n) is 11.1. The lowest BCUT2D eigenvalue weighted by atomic mass is 9.81. The zero-order valence-electron chi connectivity index (χ0n) is 18.0. The quantitative estimate of drug-likeness (QED) is 0.452. The van der Waals surface area contributed by atoms with E-state index in [2.05, 4.69) is 9.97 Å². The average molecular weight is 445 g/mol. The van der Waals surface area contributed by atoms with Crippen molar-refractivity contribution >= 4 is 16.9 Å². The molecule has 0 spiro atoms. The molecule has 2 bridgehead atoms. The summed E-state index contributed by atoms with van der Waals surface area (Å²) in [5.41, 5.74) is 4.76. The smallest absolute Gasteiger partial charge is 0.273 e. The Morgan fingerprint density at radius 1 is 1.06 bits per heavy atom. The molecule has 0 saturated carbocycles. The van der Waals surface area contributed by atoms with Crippen molar-refractivity contribution in [2.75, 3.05) is 0 Å². The van der Waals surface area contributed by atoms with Gasteiger partial charge in [0.15, 0.2) is 0 Å². The van der Waals surface area contributed by atoms with Crippen LogP contribution in [-0.4, -0.2) is 36.6 Å². The van der Waals surface area contributed by atoms with Crippen molar-refractivity contribution in [3.8, 4) is 11.3 Å². The first-order chi connectivity index (χ1) is 16.0. The van der Waals surface area contributed by atoms with Gasteiger partial charge in [0.25, 0.3) is 5.91 Å². The third kappa shape index (κ3) is 3.20. The molecule has 1 aromatic carbocycles. The highest BCUT2D eigenvalue weighted by Crippen LogP contribution is 2.45. The first kappa shape index (κ1) is 20.0. The van der Waals surface area contributed by atoms with E-state index in [4.69, 9.17) is 5.10 Å². The van der Waals surface area contributed by atoms with Crippen LogP contribution in [0.3, 0.4) is 0 Å². The molecule has 2 aliphatic rings. The molecule has 8 heteroatoms. The van der Waals surface area contributed by atoms with Crippen LogP contribution in [-0.2, 0) is 13.5 Å². The van der Waals surface area contributed by atoms with Crippen molar-refractivity contribution in [3.05, 3.63) is 77.2 Å². The number of carbonyl (C=O) groups is 1. The second-order valence-corrected chi connectivity index (χ2v) is 8.75. The number of aromatic nitrogens is 4. The third-order valence-corrected chi connectivity index (χ3v) is 6.72. The van der Waals surface area contributed by atoms with Crippen LogP contribution in [0.5, 0.6) is 0 Å². The summed E-state index contributed by atoms with van der Waals surface area (Å²) < 4.78 is 29.6. The normalized spacial score (nSPS) is 19.5. The molecule has 166 valence electrons. The molecule has 5 heterocycles. The van der Waals surface area contributed by atoms with E-state index < -0.39 is 11.6 Å². The molecule has 1 saturated heterocycles. The van der Waals surface area contributed by atoms with E-state index in [1.54, 1.807) is 30.1 Å². The summed E-state index contributed by atoms with van der Waals surface area (Å²) in [6, 6.07) is 10.5. The Morgan fingerprint density at radius 3 is 2.70 bits per heavy atom. The highest BCUT2D eigenvalue weighted by molar-refractivity contribution is 5.95. The number of carbonyl (C=O) groups excluding carboxylic acids is 1. The zero-order valence-corrected chi connectivity index (χ0v) is 18.0. The van der Waals surface area contributed by atoms with Crippen LogP contribution in [0.25, 0.3) is 22.3 Å². The van der Waals surface area contributed by atoms with Gasteiger partial charge in [-0.1, -0.05) is 0 Å². The maximum Gasteiger partial charge on any atom is 0.273 e. The van der Waals surface area contributed by atoms with E-state index in [0.717, 1.165) is 42.1 Å². The molecule has 0 aliphatic carbocycles. The summed E-state index contributed by atoms with van der Waals surface area (Å²) in [5.74, 6) is -1.36. The van der Waals surface area contributed by atoms with Crippen molar-refractivity contribution in [3.63, 3.8) is 0 Å². The van der Waals surface area contributed by atoms with Gasteiger partial charge in [0.2, 0.25) is 0 Å². The van der Waals surface area contributed by atoms with Gasteiger partial charge in [0, 0.05) is 36.5 Å². The zero-order chi connectivity index (χ0) is 22.7. The van der Waals surface area contributed by atoms with E-state index >= 15 is 0 Å². The summed E-state index contributed by atoms with van der Waals surface area (Å²) in [6.45, 7) is 0. The third-order valence-electron chi connectivity index (χ3n) is 6.72. The summed E-state index contributed by atoms with van der Waals surface area (Å²) in [5, 5.41) is 4.73. The molecule has 6 rings (SSSR count). The number of nitrogens with zero attached hydrogens (tertiary/aromatic N) is 5. The fourth-order valence-electron chi connectivity index (χ4n) is 5.41. The Balaban J connectivity index is 1.42. The van der Waals surface area contributed by atoms with Crippen molar-refractivity contribution in [1.82, 2.24) is 24.6 Å². The molecule has 2 atom stereocenters. The Hall–Kier alpha value is -3.68. The lowest BCUT2D eigenvalue weighted by Crippen LogP contribution is -2.50. The minimum Gasteiger partial charge on any atom is -0.325 e. The monoisotopic (exact) mass is 445 g/mol. The number of benzene rings is 1. The number of halogens is 2. The van der Waals surface area contributed by atoms with E-state index in [1.165, 1.54) is 12.1 Å². The fraction of sp³-hybridized carbons (Fsp3) is 0.280. The number of piperidine rings is 1. The van der Waals surface area contributed by atoms with Crippen LogP contribution in [0.15, 0.2) is 48.7 Å². The van der Waals surface area contributed by atoms with E-state index in [0.29, 0.717) is 28.9 Å².